The molecule has 0 aliphatic rings. The van der Waals surface area contributed by atoms with Gasteiger partial charge in [-0.05, 0) is 44.9 Å². The number of esters is 1. The maximum absolute atomic E-state index is 13.0. The van der Waals surface area contributed by atoms with Crippen molar-refractivity contribution in [2.24, 2.45) is 5.73 Å². The normalized spacial score (nSPS) is 13.2. The highest BCUT2D eigenvalue weighted by atomic mass is 19.2. The Hall–Kier alpha value is -1.49. The highest BCUT2D eigenvalue weighted by molar-refractivity contribution is 5.76. The van der Waals surface area contributed by atoms with E-state index in [9.17, 15) is 13.6 Å². The van der Waals surface area contributed by atoms with Gasteiger partial charge >= 0.3 is 5.97 Å². The minimum absolute atomic E-state index is 0.103. The van der Waals surface area contributed by atoms with Crippen LogP contribution in [-0.4, -0.2) is 17.6 Å². The Morgan fingerprint density at radius 3 is 2.44 bits per heavy atom. The molecule has 0 fully saturated rings. The summed E-state index contributed by atoms with van der Waals surface area (Å²) in [7, 11) is 0. The average Bonchev–Trinajstić information content (AvgIpc) is 2.21. The minimum atomic E-state index is -0.955. The number of carbonyl (C=O) groups excluding carboxylic acids is 1. The van der Waals surface area contributed by atoms with Gasteiger partial charge in [0.15, 0.2) is 11.6 Å². The number of ether oxygens (including phenoxy) is 1. The van der Waals surface area contributed by atoms with Crippen molar-refractivity contribution in [1.29, 1.82) is 0 Å². The van der Waals surface area contributed by atoms with E-state index in [0.717, 1.165) is 12.1 Å². The summed E-state index contributed by atoms with van der Waals surface area (Å²) in [5, 5.41) is 0. The van der Waals surface area contributed by atoms with Crippen molar-refractivity contribution in [3.05, 3.63) is 35.4 Å². The molecule has 0 bridgehead atoms. The zero-order chi connectivity index (χ0) is 13.9. The Balaban J connectivity index is 2.66. The summed E-state index contributed by atoms with van der Waals surface area (Å²) >= 11 is 0. The van der Waals surface area contributed by atoms with Gasteiger partial charge in [-0.15, -0.1) is 0 Å². The van der Waals surface area contributed by atoms with Crippen LogP contribution in [0.5, 0.6) is 0 Å². The van der Waals surface area contributed by atoms with Gasteiger partial charge in [0.1, 0.15) is 11.6 Å². The zero-order valence-electron chi connectivity index (χ0n) is 10.7. The molecule has 0 saturated carbocycles. The van der Waals surface area contributed by atoms with E-state index in [1.54, 1.807) is 20.8 Å². The lowest BCUT2D eigenvalue weighted by molar-refractivity contribution is -0.156. The van der Waals surface area contributed by atoms with E-state index in [0.29, 0.717) is 5.56 Å². The van der Waals surface area contributed by atoms with Crippen molar-refractivity contribution in [3.8, 4) is 0 Å². The van der Waals surface area contributed by atoms with Crippen LogP contribution < -0.4 is 5.73 Å². The molecule has 18 heavy (non-hydrogen) atoms. The number of nitrogens with two attached hydrogens (primary N) is 1. The number of benzene rings is 1. The van der Waals surface area contributed by atoms with Gasteiger partial charge < -0.3 is 10.5 Å². The first-order valence-electron chi connectivity index (χ1n) is 5.61. The number of halogens is 2. The fraction of sp³-hybridized carbons (Fsp3) is 0.462. The van der Waals surface area contributed by atoms with Gasteiger partial charge in [-0.25, -0.2) is 8.78 Å². The molecule has 0 aromatic heterocycles. The summed E-state index contributed by atoms with van der Waals surface area (Å²) in [6, 6.07) is 2.53. The highest BCUT2D eigenvalue weighted by Crippen LogP contribution is 2.12. The van der Waals surface area contributed by atoms with Crippen LogP contribution in [0.15, 0.2) is 18.2 Å². The van der Waals surface area contributed by atoms with Crippen molar-refractivity contribution in [2.75, 3.05) is 0 Å². The van der Waals surface area contributed by atoms with Crippen LogP contribution in [0.2, 0.25) is 0 Å². The van der Waals surface area contributed by atoms with E-state index >= 15 is 0 Å². The Morgan fingerprint density at radius 2 is 1.94 bits per heavy atom. The standard InChI is InChI=1S/C13H17F2NO2/c1-13(2,3)18-12(17)11(16)7-8-4-5-9(14)10(15)6-8/h4-6,11H,7,16H2,1-3H3. The van der Waals surface area contributed by atoms with Crippen molar-refractivity contribution in [3.63, 3.8) is 0 Å². The monoisotopic (exact) mass is 257 g/mol. The molecule has 0 spiro atoms. The third kappa shape index (κ3) is 4.41. The fourth-order valence-corrected chi connectivity index (χ4v) is 1.38. The predicted molar refractivity (Wildman–Crippen MR) is 63.9 cm³/mol. The molecular formula is C13H17F2NO2. The summed E-state index contributed by atoms with van der Waals surface area (Å²) < 4.78 is 30.8. The van der Waals surface area contributed by atoms with Crippen molar-refractivity contribution < 1.29 is 18.3 Å². The fourth-order valence-electron chi connectivity index (χ4n) is 1.38. The van der Waals surface area contributed by atoms with Crippen LogP contribution in [0.1, 0.15) is 26.3 Å². The molecule has 0 aliphatic heterocycles. The second-order valence-electron chi connectivity index (χ2n) is 5.09. The lowest BCUT2D eigenvalue weighted by atomic mass is 10.1. The van der Waals surface area contributed by atoms with Crippen LogP contribution in [-0.2, 0) is 16.0 Å². The molecule has 1 aromatic carbocycles. The SMILES string of the molecule is CC(C)(C)OC(=O)C(N)Cc1ccc(F)c(F)c1. The van der Waals surface area contributed by atoms with Crippen LogP contribution in [0, 0.1) is 11.6 Å². The topological polar surface area (TPSA) is 52.3 Å². The molecule has 3 nitrogen and oxygen atoms in total. The summed E-state index contributed by atoms with van der Waals surface area (Å²) in [6.07, 6.45) is 0.103. The van der Waals surface area contributed by atoms with E-state index in [2.05, 4.69) is 0 Å². The van der Waals surface area contributed by atoms with Gasteiger partial charge in [0.2, 0.25) is 0 Å². The van der Waals surface area contributed by atoms with E-state index in [-0.39, 0.29) is 6.42 Å². The Kier molecular flexibility index (Phi) is 4.40. The second-order valence-corrected chi connectivity index (χ2v) is 5.09. The first-order valence-corrected chi connectivity index (χ1v) is 5.61. The summed E-state index contributed by atoms with van der Waals surface area (Å²) in [4.78, 5) is 11.6. The first-order chi connectivity index (χ1) is 8.19. The molecule has 1 atom stereocenters. The number of hydrogen-bond donors (Lipinski definition) is 1. The summed E-state index contributed by atoms with van der Waals surface area (Å²) in [5.41, 5.74) is 5.48. The summed E-state index contributed by atoms with van der Waals surface area (Å²) in [5.74, 6) is -2.44. The number of rotatable bonds is 3. The van der Waals surface area contributed by atoms with Gasteiger partial charge in [-0.2, -0.15) is 0 Å². The molecule has 5 heteroatoms. The molecule has 1 unspecified atom stereocenters. The second kappa shape index (κ2) is 5.44. The van der Waals surface area contributed by atoms with E-state index in [1.807, 2.05) is 0 Å². The van der Waals surface area contributed by atoms with Crippen molar-refractivity contribution in [1.82, 2.24) is 0 Å². The lowest BCUT2D eigenvalue weighted by Gasteiger charge is -2.22. The molecule has 0 radical (unpaired) electrons. The van der Waals surface area contributed by atoms with Gasteiger partial charge in [0.05, 0.1) is 0 Å². The van der Waals surface area contributed by atoms with Crippen LogP contribution in [0.4, 0.5) is 8.78 Å². The molecule has 0 saturated heterocycles. The lowest BCUT2D eigenvalue weighted by Crippen LogP contribution is -2.38. The molecule has 0 aliphatic carbocycles. The highest BCUT2D eigenvalue weighted by Gasteiger charge is 2.22. The van der Waals surface area contributed by atoms with Crippen molar-refractivity contribution >= 4 is 5.97 Å². The number of carbonyl (C=O) groups is 1. The third-order valence-corrected chi connectivity index (χ3v) is 2.15. The van der Waals surface area contributed by atoms with E-state index in [4.69, 9.17) is 10.5 Å². The number of hydrogen-bond acceptors (Lipinski definition) is 3. The molecule has 2 N–H and O–H groups in total. The molecule has 0 amide bonds. The Labute approximate surface area is 105 Å². The maximum atomic E-state index is 13.0. The summed E-state index contributed by atoms with van der Waals surface area (Å²) in [6.45, 7) is 5.19. The third-order valence-electron chi connectivity index (χ3n) is 2.15. The van der Waals surface area contributed by atoms with Crippen LogP contribution in [0.25, 0.3) is 0 Å². The smallest absolute Gasteiger partial charge is 0.323 e. The Morgan fingerprint density at radius 1 is 1.33 bits per heavy atom. The molecule has 1 rings (SSSR count). The quantitative estimate of drug-likeness (QED) is 0.844. The minimum Gasteiger partial charge on any atom is -0.459 e. The Bertz CT molecular complexity index is 441. The molecular weight excluding hydrogens is 240 g/mol. The van der Waals surface area contributed by atoms with Gasteiger partial charge in [0, 0.05) is 0 Å². The van der Waals surface area contributed by atoms with Gasteiger partial charge in [-0.3, -0.25) is 4.79 Å². The van der Waals surface area contributed by atoms with Crippen LogP contribution >= 0.6 is 0 Å². The molecule has 1 aromatic rings. The van der Waals surface area contributed by atoms with Gasteiger partial charge in [-0.1, -0.05) is 6.07 Å². The molecule has 0 heterocycles. The van der Waals surface area contributed by atoms with E-state index in [1.165, 1.54) is 6.07 Å². The van der Waals surface area contributed by atoms with E-state index < -0.39 is 29.2 Å². The predicted octanol–water partition coefficient (Wildman–Crippen LogP) is 2.18. The zero-order valence-corrected chi connectivity index (χ0v) is 10.7. The van der Waals surface area contributed by atoms with Crippen molar-refractivity contribution in [2.45, 2.75) is 38.8 Å². The first kappa shape index (κ1) is 14.6. The largest absolute Gasteiger partial charge is 0.459 e. The maximum Gasteiger partial charge on any atom is 0.323 e. The van der Waals surface area contributed by atoms with Gasteiger partial charge in [0.25, 0.3) is 0 Å². The molecule has 100 valence electrons. The van der Waals surface area contributed by atoms with Crippen LogP contribution in [0.3, 0.4) is 0 Å². The average molecular weight is 257 g/mol.